The van der Waals surface area contributed by atoms with E-state index < -0.39 is 5.91 Å². The van der Waals surface area contributed by atoms with E-state index in [4.69, 9.17) is 37.4 Å². The van der Waals surface area contributed by atoms with E-state index in [-0.39, 0.29) is 0 Å². The normalized spacial score (nSPS) is 10.6. The lowest BCUT2D eigenvalue weighted by atomic mass is 10.2. The van der Waals surface area contributed by atoms with Crippen molar-refractivity contribution in [2.75, 3.05) is 21.3 Å². The second-order valence-electron chi connectivity index (χ2n) is 4.79. The number of halogens is 2. The molecule has 2 aromatic rings. The van der Waals surface area contributed by atoms with Gasteiger partial charge in [-0.1, -0.05) is 23.2 Å². The molecule has 1 N–H and O–H groups in total. The van der Waals surface area contributed by atoms with Crippen LogP contribution in [0.4, 0.5) is 0 Å². The number of ether oxygens (including phenoxy) is 3. The fourth-order valence-electron chi connectivity index (χ4n) is 2.04. The highest BCUT2D eigenvalue weighted by Crippen LogP contribution is 2.37. The van der Waals surface area contributed by atoms with Gasteiger partial charge in [-0.3, -0.25) is 4.79 Å². The van der Waals surface area contributed by atoms with Gasteiger partial charge in [0, 0.05) is 11.1 Å². The van der Waals surface area contributed by atoms with Crippen LogP contribution in [0.2, 0.25) is 10.0 Å². The third-order valence-corrected chi connectivity index (χ3v) is 3.99. The van der Waals surface area contributed by atoms with Crippen molar-refractivity contribution < 1.29 is 19.0 Å². The van der Waals surface area contributed by atoms with Crippen LogP contribution in [0.1, 0.15) is 15.9 Å². The lowest BCUT2D eigenvalue weighted by molar-refractivity contribution is 0.0955. The Kier molecular flexibility index (Phi) is 6.50. The molecule has 0 saturated heterocycles. The van der Waals surface area contributed by atoms with Crippen LogP contribution in [0.15, 0.2) is 35.4 Å². The van der Waals surface area contributed by atoms with Gasteiger partial charge in [0.1, 0.15) is 0 Å². The molecule has 2 aromatic carbocycles. The second kappa shape index (κ2) is 8.60. The minimum Gasteiger partial charge on any atom is -0.493 e. The van der Waals surface area contributed by atoms with Gasteiger partial charge in [-0.05, 0) is 30.3 Å². The first-order valence-corrected chi connectivity index (χ1v) is 7.84. The number of benzene rings is 2. The van der Waals surface area contributed by atoms with Crippen LogP contribution in [0.5, 0.6) is 17.2 Å². The van der Waals surface area contributed by atoms with Gasteiger partial charge in [0.15, 0.2) is 11.5 Å². The molecule has 0 spiro atoms. The van der Waals surface area contributed by atoms with Crippen LogP contribution in [-0.2, 0) is 0 Å². The van der Waals surface area contributed by atoms with Gasteiger partial charge in [-0.2, -0.15) is 5.10 Å². The maximum absolute atomic E-state index is 12.0. The molecule has 0 fully saturated rings. The predicted octanol–water partition coefficient (Wildman–Crippen LogP) is 3.78. The summed E-state index contributed by atoms with van der Waals surface area (Å²) in [6.07, 6.45) is 1.46. The third-order valence-electron chi connectivity index (χ3n) is 3.25. The van der Waals surface area contributed by atoms with Gasteiger partial charge >= 0.3 is 0 Å². The fourth-order valence-corrected chi connectivity index (χ4v) is 2.34. The first-order chi connectivity index (χ1) is 12.0. The number of carbonyl (C=O) groups excluding carboxylic acids is 1. The van der Waals surface area contributed by atoms with Crippen molar-refractivity contribution in [3.63, 3.8) is 0 Å². The summed E-state index contributed by atoms with van der Waals surface area (Å²) in [6.45, 7) is 0. The van der Waals surface area contributed by atoms with E-state index in [1.54, 1.807) is 24.3 Å². The van der Waals surface area contributed by atoms with E-state index in [1.807, 2.05) is 0 Å². The highest BCUT2D eigenvalue weighted by molar-refractivity contribution is 6.42. The molecule has 0 bridgehead atoms. The van der Waals surface area contributed by atoms with Crippen LogP contribution in [0, 0.1) is 0 Å². The Hall–Kier alpha value is -2.44. The molecular formula is C17H16Cl2N2O4. The highest BCUT2D eigenvalue weighted by atomic mass is 35.5. The van der Waals surface area contributed by atoms with E-state index in [2.05, 4.69) is 10.5 Å². The largest absolute Gasteiger partial charge is 0.493 e. The number of nitrogens with one attached hydrogen (secondary N) is 1. The number of hydrogen-bond donors (Lipinski definition) is 1. The molecule has 25 heavy (non-hydrogen) atoms. The van der Waals surface area contributed by atoms with Gasteiger partial charge in [0.2, 0.25) is 5.75 Å². The molecule has 6 nitrogen and oxygen atoms in total. The molecule has 8 heteroatoms. The Labute approximate surface area is 155 Å². The van der Waals surface area contributed by atoms with Crippen molar-refractivity contribution >= 4 is 35.3 Å². The molecule has 1 amide bonds. The van der Waals surface area contributed by atoms with Crippen LogP contribution in [0.3, 0.4) is 0 Å². The zero-order valence-electron chi connectivity index (χ0n) is 13.8. The minimum absolute atomic E-state index is 0.294. The number of nitrogens with zero attached hydrogens (tertiary/aromatic N) is 1. The first-order valence-electron chi connectivity index (χ1n) is 7.08. The average molecular weight is 383 g/mol. The molecule has 0 saturated carbocycles. The van der Waals surface area contributed by atoms with Crippen molar-refractivity contribution in [3.05, 3.63) is 51.5 Å². The topological polar surface area (TPSA) is 69.2 Å². The Morgan fingerprint density at radius 2 is 1.64 bits per heavy atom. The van der Waals surface area contributed by atoms with Gasteiger partial charge in [-0.25, -0.2) is 5.43 Å². The number of hydrogen-bond acceptors (Lipinski definition) is 5. The molecule has 0 atom stereocenters. The number of methoxy groups -OCH3 is 3. The summed E-state index contributed by atoms with van der Waals surface area (Å²) in [7, 11) is 4.56. The number of amides is 1. The van der Waals surface area contributed by atoms with E-state index in [0.717, 1.165) is 0 Å². The van der Waals surface area contributed by atoms with Crippen molar-refractivity contribution in [1.82, 2.24) is 5.43 Å². The van der Waals surface area contributed by atoms with Gasteiger partial charge in [0.05, 0.1) is 37.6 Å². The Bertz CT molecular complexity index is 784. The molecular weight excluding hydrogens is 367 g/mol. The SMILES string of the molecule is COc1cc(/C=N\NC(=O)c2ccc(Cl)c(Cl)c2)cc(OC)c1OC. The van der Waals surface area contributed by atoms with Crippen molar-refractivity contribution in [1.29, 1.82) is 0 Å². The molecule has 2 rings (SSSR count). The third kappa shape index (κ3) is 4.55. The van der Waals surface area contributed by atoms with Crippen molar-refractivity contribution in [2.45, 2.75) is 0 Å². The lowest BCUT2D eigenvalue weighted by Crippen LogP contribution is -2.17. The molecule has 0 heterocycles. The molecule has 0 aromatic heterocycles. The molecule has 0 aliphatic rings. The Balaban J connectivity index is 2.16. The van der Waals surface area contributed by atoms with Crippen LogP contribution >= 0.6 is 23.2 Å². The maximum Gasteiger partial charge on any atom is 0.271 e. The van der Waals surface area contributed by atoms with E-state index in [1.165, 1.54) is 33.6 Å². The summed E-state index contributed by atoms with van der Waals surface area (Å²) >= 11 is 11.7. The number of rotatable bonds is 6. The smallest absolute Gasteiger partial charge is 0.271 e. The molecule has 132 valence electrons. The summed E-state index contributed by atoms with van der Waals surface area (Å²) in [5.74, 6) is 1.03. The van der Waals surface area contributed by atoms with E-state index >= 15 is 0 Å². The zero-order chi connectivity index (χ0) is 18.4. The van der Waals surface area contributed by atoms with Crippen LogP contribution in [0.25, 0.3) is 0 Å². The fraction of sp³-hybridized carbons (Fsp3) is 0.176. The zero-order valence-corrected chi connectivity index (χ0v) is 15.3. The highest BCUT2D eigenvalue weighted by Gasteiger charge is 2.12. The molecule has 0 radical (unpaired) electrons. The Morgan fingerprint density at radius 1 is 1.00 bits per heavy atom. The summed E-state index contributed by atoms with van der Waals surface area (Å²) in [6, 6.07) is 7.97. The summed E-state index contributed by atoms with van der Waals surface area (Å²) in [5, 5.41) is 4.59. The minimum atomic E-state index is -0.415. The summed E-state index contributed by atoms with van der Waals surface area (Å²) < 4.78 is 15.8. The summed E-state index contributed by atoms with van der Waals surface area (Å²) in [5.41, 5.74) is 3.41. The molecule has 0 aliphatic carbocycles. The quantitative estimate of drug-likeness (QED) is 0.609. The maximum atomic E-state index is 12.0. The monoisotopic (exact) mass is 382 g/mol. The van der Waals surface area contributed by atoms with Crippen molar-refractivity contribution in [2.24, 2.45) is 5.10 Å². The molecule has 0 aliphatic heterocycles. The summed E-state index contributed by atoms with van der Waals surface area (Å²) in [4.78, 5) is 12.0. The predicted molar refractivity (Wildman–Crippen MR) is 97.6 cm³/mol. The number of carbonyl (C=O) groups is 1. The van der Waals surface area contributed by atoms with Crippen molar-refractivity contribution in [3.8, 4) is 17.2 Å². The first kappa shape index (κ1) is 18.9. The Morgan fingerprint density at radius 3 is 2.16 bits per heavy atom. The second-order valence-corrected chi connectivity index (χ2v) is 5.60. The van der Waals surface area contributed by atoms with Crippen LogP contribution < -0.4 is 19.6 Å². The number of hydrazone groups is 1. The lowest BCUT2D eigenvalue weighted by Gasteiger charge is -2.12. The van der Waals surface area contributed by atoms with Gasteiger partial charge < -0.3 is 14.2 Å². The van der Waals surface area contributed by atoms with E-state index in [9.17, 15) is 4.79 Å². The average Bonchev–Trinajstić information content (AvgIpc) is 2.62. The van der Waals surface area contributed by atoms with Gasteiger partial charge in [-0.15, -0.1) is 0 Å². The van der Waals surface area contributed by atoms with E-state index in [0.29, 0.717) is 38.4 Å². The van der Waals surface area contributed by atoms with Crippen LogP contribution in [-0.4, -0.2) is 33.5 Å². The standard InChI is InChI=1S/C17H16Cl2N2O4/c1-23-14-6-10(7-15(24-2)16(14)25-3)9-20-21-17(22)11-4-5-12(18)13(19)8-11/h4-9H,1-3H3,(H,21,22)/b20-9-. The molecule has 0 unspecified atom stereocenters. The van der Waals surface area contributed by atoms with Gasteiger partial charge in [0.25, 0.3) is 5.91 Å².